The molecule has 1 unspecified atom stereocenters. The van der Waals surface area contributed by atoms with Crippen LogP contribution in [0.5, 0.6) is 0 Å². The van der Waals surface area contributed by atoms with Crippen LogP contribution in [0.25, 0.3) is 0 Å². The average molecular weight is 266 g/mol. The van der Waals surface area contributed by atoms with E-state index in [1.165, 1.54) is 11.1 Å². The zero-order valence-corrected chi connectivity index (χ0v) is 10.7. The molecule has 1 aliphatic rings. The molecule has 1 amide bonds. The lowest BCUT2D eigenvalue weighted by atomic mass is 10.2. The fourth-order valence-corrected chi connectivity index (χ4v) is 2.57. The van der Waals surface area contributed by atoms with E-state index in [1.807, 2.05) is 17.5 Å². The number of rotatable bonds is 6. The van der Waals surface area contributed by atoms with E-state index in [-0.39, 0.29) is 11.9 Å². The van der Waals surface area contributed by atoms with Crippen LogP contribution >= 0.6 is 11.3 Å². The maximum absolute atomic E-state index is 11.6. The Morgan fingerprint density at radius 3 is 3.28 bits per heavy atom. The quantitative estimate of drug-likeness (QED) is 0.584. The van der Waals surface area contributed by atoms with Gasteiger partial charge >= 0.3 is 0 Å². The van der Waals surface area contributed by atoms with Gasteiger partial charge in [-0.2, -0.15) is 0 Å². The summed E-state index contributed by atoms with van der Waals surface area (Å²) in [5.74, 6) is -0.0257. The van der Waals surface area contributed by atoms with E-state index in [9.17, 15) is 9.59 Å². The molecule has 2 rings (SSSR count). The number of thiophene rings is 1. The van der Waals surface area contributed by atoms with Crippen molar-refractivity contribution in [3.05, 3.63) is 34.7 Å². The first-order valence-electron chi connectivity index (χ1n) is 6.27. The molecular weight excluding hydrogens is 250 g/mol. The van der Waals surface area contributed by atoms with Crippen LogP contribution in [0.3, 0.4) is 0 Å². The Hall–Kier alpha value is -1.46. The number of carbonyl (C=O) groups is 2. The van der Waals surface area contributed by atoms with Crippen LogP contribution in [0, 0.1) is 0 Å². The minimum absolute atomic E-state index is 0.0257. The summed E-state index contributed by atoms with van der Waals surface area (Å²) >= 11 is 1.63. The van der Waals surface area contributed by atoms with Crippen LogP contribution in [0.15, 0.2) is 29.8 Å². The molecule has 0 bridgehead atoms. The number of hydrogen-bond acceptors (Lipinski definition) is 4. The van der Waals surface area contributed by atoms with Gasteiger partial charge in [-0.3, -0.25) is 9.59 Å². The molecule has 0 N–H and O–H groups in total. The van der Waals surface area contributed by atoms with Crippen LogP contribution < -0.4 is 0 Å². The highest BCUT2D eigenvalue weighted by Gasteiger charge is 2.29. The third kappa shape index (κ3) is 3.27. The van der Waals surface area contributed by atoms with Gasteiger partial charge in [0.1, 0.15) is 7.63 Å². The van der Waals surface area contributed by atoms with Gasteiger partial charge in [-0.15, -0.1) is 11.3 Å². The highest BCUT2D eigenvalue weighted by Crippen LogP contribution is 2.20. The van der Waals surface area contributed by atoms with Crippen LogP contribution in [-0.4, -0.2) is 29.7 Å². The largest absolute Gasteiger partial charge is 0.374 e. The number of carbonyl (C=O) groups excluding carboxylic acids is 2. The normalized spacial score (nSPS) is 20.7. The molecule has 5 heteroatoms. The third-order valence-corrected chi connectivity index (χ3v) is 3.66. The Balaban J connectivity index is 1.84. The van der Waals surface area contributed by atoms with Crippen LogP contribution in [-0.2, 0) is 20.9 Å². The standard InChI is InChI=1S/C13H15NO3S/c15-7-2-6-14-11(4-5-13(14)16)9-17-10-12-3-1-8-18-12/h1-3,6-8,11H,4-5,9-10H2/i7D. The third-order valence-electron chi connectivity index (χ3n) is 2.81. The molecule has 0 aromatic carbocycles. The highest BCUT2D eigenvalue weighted by molar-refractivity contribution is 7.09. The summed E-state index contributed by atoms with van der Waals surface area (Å²) in [6, 6.07) is 3.93. The second kappa shape index (κ2) is 6.47. The summed E-state index contributed by atoms with van der Waals surface area (Å²) in [4.78, 5) is 24.9. The van der Waals surface area contributed by atoms with Crippen molar-refractivity contribution in [1.29, 1.82) is 0 Å². The van der Waals surface area contributed by atoms with Gasteiger partial charge in [0, 0.05) is 17.5 Å². The van der Waals surface area contributed by atoms with Crippen molar-refractivity contribution in [2.45, 2.75) is 25.5 Å². The fraction of sp³-hybridized carbons (Fsp3) is 0.385. The number of nitrogens with zero attached hydrogens (tertiary/aromatic N) is 1. The first kappa shape index (κ1) is 11.6. The zero-order chi connectivity index (χ0) is 13.7. The highest BCUT2D eigenvalue weighted by atomic mass is 32.1. The summed E-state index contributed by atoms with van der Waals surface area (Å²) in [7, 11) is 0. The molecule has 1 aromatic heterocycles. The second-order valence-corrected chi connectivity index (χ2v) is 5.05. The van der Waals surface area contributed by atoms with Crippen LogP contribution in [0.4, 0.5) is 0 Å². The Bertz CT molecular complexity index is 472. The predicted octanol–water partition coefficient (Wildman–Crippen LogP) is 1.97. The average Bonchev–Trinajstić information content (AvgIpc) is 2.98. The lowest BCUT2D eigenvalue weighted by molar-refractivity contribution is -0.127. The smallest absolute Gasteiger partial charge is 0.226 e. The number of amides is 1. The van der Waals surface area contributed by atoms with Crippen molar-refractivity contribution in [1.82, 2.24) is 4.90 Å². The van der Waals surface area contributed by atoms with Gasteiger partial charge in [0.15, 0.2) is 0 Å². The molecule has 1 aliphatic heterocycles. The van der Waals surface area contributed by atoms with Gasteiger partial charge in [0.05, 0.1) is 19.3 Å². The summed E-state index contributed by atoms with van der Waals surface area (Å²) < 4.78 is 12.4. The SMILES string of the molecule is [2H]C(=O)C=CN1C(=O)CCC1COCc1cccs1. The maximum atomic E-state index is 11.6. The van der Waals surface area contributed by atoms with Crippen LogP contribution in [0.1, 0.15) is 19.1 Å². The Labute approximate surface area is 111 Å². The predicted molar refractivity (Wildman–Crippen MR) is 69.0 cm³/mol. The van der Waals surface area contributed by atoms with Crippen molar-refractivity contribution < 1.29 is 15.7 Å². The maximum Gasteiger partial charge on any atom is 0.226 e. The monoisotopic (exact) mass is 266 g/mol. The van der Waals surface area contributed by atoms with E-state index in [2.05, 4.69) is 0 Å². The molecule has 1 aromatic rings. The zero-order valence-electron chi connectivity index (χ0n) is 10.9. The molecule has 4 nitrogen and oxygen atoms in total. The molecule has 0 aliphatic carbocycles. The van der Waals surface area contributed by atoms with Crippen molar-refractivity contribution >= 4 is 23.5 Å². The molecule has 1 saturated heterocycles. The summed E-state index contributed by atoms with van der Waals surface area (Å²) in [6.07, 6.45) is 2.86. The van der Waals surface area contributed by atoms with E-state index < -0.39 is 6.26 Å². The van der Waals surface area contributed by atoms with E-state index in [4.69, 9.17) is 6.11 Å². The molecule has 96 valence electrons. The van der Waals surface area contributed by atoms with Gasteiger partial charge < -0.3 is 9.64 Å². The Morgan fingerprint density at radius 1 is 1.67 bits per heavy atom. The van der Waals surface area contributed by atoms with Gasteiger partial charge in [-0.05, 0) is 23.9 Å². The first-order chi connectivity index (χ1) is 9.16. The topological polar surface area (TPSA) is 46.6 Å². The number of ether oxygens (including phenoxy) is 1. The minimum atomic E-state index is -0.807. The molecule has 1 atom stereocenters. The summed E-state index contributed by atoms with van der Waals surface area (Å²) in [5.41, 5.74) is 0. The fourth-order valence-electron chi connectivity index (χ4n) is 1.93. The van der Waals surface area contributed by atoms with Crippen molar-refractivity contribution in [3.8, 4) is 0 Å². The van der Waals surface area contributed by atoms with Crippen molar-refractivity contribution in [2.75, 3.05) is 6.61 Å². The molecule has 0 spiro atoms. The van der Waals surface area contributed by atoms with Crippen molar-refractivity contribution in [3.63, 3.8) is 0 Å². The molecule has 18 heavy (non-hydrogen) atoms. The van der Waals surface area contributed by atoms with Gasteiger partial charge in [0.2, 0.25) is 5.91 Å². The van der Waals surface area contributed by atoms with Gasteiger partial charge in [0.25, 0.3) is 0 Å². The number of likely N-dealkylation sites (tertiary alicyclic amines) is 1. The summed E-state index contributed by atoms with van der Waals surface area (Å²) in [5, 5.41) is 1.99. The van der Waals surface area contributed by atoms with Crippen LogP contribution in [0.2, 0.25) is 0 Å². The Kier molecular flexibility index (Phi) is 4.17. The second-order valence-electron chi connectivity index (χ2n) is 4.02. The number of allylic oxidation sites excluding steroid dienone is 1. The van der Waals surface area contributed by atoms with Crippen molar-refractivity contribution in [2.24, 2.45) is 0 Å². The number of aldehydes is 1. The van der Waals surface area contributed by atoms with Gasteiger partial charge in [-0.25, -0.2) is 0 Å². The molecule has 0 radical (unpaired) electrons. The van der Waals surface area contributed by atoms with E-state index >= 15 is 0 Å². The lowest BCUT2D eigenvalue weighted by Gasteiger charge is -2.20. The summed E-state index contributed by atoms with van der Waals surface area (Å²) in [6.45, 7) is 0.984. The lowest BCUT2D eigenvalue weighted by Crippen LogP contribution is -2.31. The molecule has 1 fully saturated rings. The minimum Gasteiger partial charge on any atom is -0.374 e. The van der Waals surface area contributed by atoms with Gasteiger partial charge in [-0.1, -0.05) is 6.07 Å². The van der Waals surface area contributed by atoms with E-state index in [0.717, 1.165) is 17.4 Å². The molecule has 0 saturated carbocycles. The Morgan fingerprint density at radius 2 is 2.56 bits per heavy atom. The molecular formula is C13H15NO3S. The number of hydrogen-bond donors (Lipinski definition) is 0. The molecule has 2 heterocycles. The van der Waals surface area contributed by atoms with E-state index in [1.54, 1.807) is 11.3 Å². The first-order valence-corrected chi connectivity index (χ1v) is 6.65. The van der Waals surface area contributed by atoms with E-state index in [0.29, 0.717) is 19.6 Å².